The Morgan fingerprint density at radius 1 is 1.08 bits per heavy atom. The monoisotopic (exact) mass is 340 g/mol. The Hall–Kier alpha value is -2.37. The molecule has 132 valence electrons. The first-order chi connectivity index (χ1) is 12.3. The van der Waals surface area contributed by atoms with Gasteiger partial charge in [-0.2, -0.15) is 0 Å². The average molecular weight is 340 g/mol. The van der Waals surface area contributed by atoms with Crippen LogP contribution >= 0.6 is 0 Å². The molecule has 1 aliphatic heterocycles. The molecule has 0 aromatic heterocycles. The van der Waals surface area contributed by atoms with Crippen LogP contribution in [0.1, 0.15) is 29.2 Å². The minimum atomic E-state index is -0.187. The molecule has 2 atom stereocenters. The summed E-state index contributed by atoms with van der Waals surface area (Å²) < 4.78 is 5.84. The van der Waals surface area contributed by atoms with Gasteiger partial charge in [-0.1, -0.05) is 54.6 Å². The van der Waals surface area contributed by atoms with E-state index >= 15 is 0 Å². The molecular weight excluding hydrogens is 316 g/mol. The van der Waals surface area contributed by atoms with Gasteiger partial charge in [0.05, 0.1) is 12.7 Å². The Labute approximate surface area is 148 Å². The first kappa shape index (κ1) is 17.5. The third-order valence-corrected chi connectivity index (χ3v) is 4.49. The summed E-state index contributed by atoms with van der Waals surface area (Å²) in [5, 5.41) is 15.0. The van der Waals surface area contributed by atoms with Crippen LogP contribution in [0, 0.1) is 5.92 Å². The highest BCUT2D eigenvalue weighted by Crippen LogP contribution is 2.33. The zero-order chi connectivity index (χ0) is 17.5. The Morgan fingerprint density at radius 3 is 2.68 bits per heavy atom. The van der Waals surface area contributed by atoms with Crippen LogP contribution in [0.15, 0.2) is 54.6 Å². The molecule has 1 heterocycles. The minimum absolute atomic E-state index is 0.00257. The summed E-state index contributed by atoms with van der Waals surface area (Å²) in [6.07, 6.45) is 0.987. The molecule has 2 aromatic rings. The summed E-state index contributed by atoms with van der Waals surface area (Å²) in [4.78, 5) is 12.1. The van der Waals surface area contributed by atoms with E-state index in [1.807, 2.05) is 42.5 Å². The zero-order valence-electron chi connectivity index (χ0n) is 14.2. The molecular formula is C20H24N2O3. The molecule has 3 N–H and O–H groups in total. The second kappa shape index (κ2) is 8.65. The van der Waals surface area contributed by atoms with Crippen LogP contribution in [0.3, 0.4) is 0 Å². The number of carbonyl (C=O) groups is 1. The lowest BCUT2D eigenvalue weighted by atomic mass is 9.95. The Balaban J connectivity index is 1.47. The van der Waals surface area contributed by atoms with Gasteiger partial charge in [0.15, 0.2) is 0 Å². The first-order valence-corrected chi connectivity index (χ1v) is 8.63. The molecule has 0 radical (unpaired) electrons. The van der Waals surface area contributed by atoms with Crippen LogP contribution in [-0.2, 0) is 17.9 Å². The predicted octanol–water partition coefficient (Wildman–Crippen LogP) is 2.76. The van der Waals surface area contributed by atoms with E-state index in [9.17, 15) is 4.79 Å². The third-order valence-electron chi connectivity index (χ3n) is 4.49. The lowest BCUT2D eigenvalue weighted by molar-refractivity contribution is 0.0910. The number of carbonyl (C=O) groups excluding carboxylic acids is 1. The number of hydrogen-bond acceptors (Lipinski definition) is 3. The fraction of sp³-hybridized carbons (Fsp3) is 0.350. The van der Waals surface area contributed by atoms with Crippen molar-refractivity contribution < 1.29 is 14.6 Å². The quantitative estimate of drug-likeness (QED) is 0.757. The molecule has 0 spiro atoms. The molecule has 0 aliphatic carbocycles. The third kappa shape index (κ3) is 4.81. The van der Waals surface area contributed by atoms with Gasteiger partial charge in [0.1, 0.15) is 0 Å². The van der Waals surface area contributed by atoms with E-state index < -0.39 is 0 Å². The fourth-order valence-corrected chi connectivity index (χ4v) is 3.16. The van der Waals surface area contributed by atoms with Crippen molar-refractivity contribution in [3.8, 4) is 0 Å². The van der Waals surface area contributed by atoms with Gasteiger partial charge in [-0.15, -0.1) is 0 Å². The largest absolute Gasteiger partial charge is 0.392 e. The molecule has 5 heteroatoms. The Morgan fingerprint density at radius 2 is 1.88 bits per heavy atom. The standard InChI is InChI=1S/C20H24N2O3/c23-14-16-6-4-5-15(11-16)12-21-20(24)22-13-18-9-10-25-19(18)17-7-2-1-3-8-17/h1-8,11,18-19,23H,9-10,12-14H2,(H2,21,22,24)/t18-,19-/m1/s1. The number of benzene rings is 2. The summed E-state index contributed by atoms with van der Waals surface area (Å²) in [6.45, 7) is 1.75. The SMILES string of the molecule is O=C(NCc1cccc(CO)c1)NC[C@H]1CCO[C@@H]1c1ccccc1. The van der Waals surface area contributed by atoms with Crippen molar-refractivity contribution in [2.24, 2.45) is 5.92 Å². The number of hydrogen-bond donors (Lipinski definition) is 3. The average Bonchev–Trinajstić information content (AvgIpc) is 3.14. The molecule has 0 bridgehead atoms. The summed E-state index contributed by atoms with van der Waals surface area (Å²) in [6, 6.07) is 17.5. The fourth-order valence-electron chi connectivity index (χ4n) is 3.16. The molecule has 3 rings (SSSR count). The number of ether oxygens (including phenoxy) is 1. The maximum Gasteiger partial charge on any atom is 0.315 e. The van der Waals surface area contributed by atoms with Crippen molar-refractivity contribution in [3.05, 3.63) is 71.3 Å². The highest BCUT2D eigenvalue weighted by atomic mass is 16.5. The van der Waals surface area contributed by atoms with E-state index in [4.69, 9.17) is 9.84 Å². The van der Waals surface area contributed by atoms with E-state index in [1.54, 1.807) is 0 Å². The number of aliphatic hydroxyl groups excluding tert-OH is 1. The maximum atomic E-state index is 12.1. The summed E-state index contributed by atoms with van der Waals surface area (Å²) in [5.74, 6) is 0.283. The van der Waals surface area contributed by atoms with Crippen LogP contribution in [0.2, 0.25) is 0 Å². The van der Waals surface area contributed by atoms with E-state index in [1.165, 1.54) is 0 Å². The summed E-state index contributed by atoms with van der Waals surface area (Å²) in [7, 11) is 0. The summed E-state index contributed by atoms with van der Waals surface area (Å²) >= 11 is 0. The lowest BCUT2D eigenvalue weighted by Gasteiger charge is -2.19. The van der Waals surface area contributed by atoms with Gasteiger partial charge < -0.3 is 20.5 Å². The molecule has 25 heavy (non-hydrogen) atoms. The van der Waals surface area contributed by atoms with Crippen LogP contribution < -0.4 is 10.6 Å². The van der Waals surface area contributed by atoms with Crippen molar-refractivity contribution in [1.29, 1.82) is 0 Å². The second-order valence-corrected chi connectivity index (χ2v) is 6.29. The maximum absolute atomic E-state index is 12.1. The molecule has 1 aliphatic rings. The molecule has 2 amide bonds. The van der Waals surface area contributed by atoms with E-state index in [2.05, 4.69) is 22.8 Å². The lowest BCUT2D eigenvalue weighted by Crippen LogP contribution is -2.38. The smallest absolute Gasteiger partial charge is 0.315 e. The van der Waals surface area contributed by atoms with Crippen molar-refractivity contribution >= 4 is 6.03 Å². The first-order valence-electron chi connectivity index (χ1n) is 8.63. The van der Waals surface area contributed by atoms with Crippen molar-refractivity contribution in [1.82, 2.24) is 10.6 Å². The van der Waals surface area contributed by atoms with Gasteiger partial charge in [0.25, 0.3) is 0 Å². The molecule has 0 unspecified atom stereocenters. The van der Waals surface area contributed by atoms with Crippen LogP contribution in [-0.4, -0.2) is 24.3 Å². The highest BCUT2D eigenvalue weighted by Gasteiger charge is 2.29. The zero-order valence-corrected chi connectivity index (χ0v) is 14.2. The number of urea groups is 1. The van der Waals surface area contributed by atoms with Crippen molar-refractivity contribution in [2.75, 3.05) is 13.2 Å². The number of amides is 2. The predicted molar refractivity (Wildman–Crippen MR) is 95.8 cm³/mol. The normalized spacial score (nSPS) is 19.6. The number of aliphatic hydroxyl groups is 1. The molecule has 5 nitrogen and oxygen atoms in total. The van der Waals surface area contributed by atoms with E-state index in [0.29, 0.717) is 13.1 Å². The molecule has 0 saturated carbocycles. The molecule has 1 saturated heterocycles. The summed E-state index contributed by atoms with van der Waals surface area (Å²) in [5.41, 5.74) is 2.97. The van der Waals surface area contributed by atoms with Gasteiger partial charge in [-0.3, -0.25) is 0 Å². The Bertz CT molecular complexity index is 690. The molecule has 1 fully saturated rings. The van der Waals surface area contributed by atoms with Gasteiger partial charge in [-0.25, -0.2) is 4.79 Å². The number of nitrogens with one attached hydrogen (secondary N) is 2. The van der Waals surface area contributed by atoms with Gasteiger partial charge in [-0.05, 0) is 23.1 Å². The molecule has 2 aromatic carbocycles. The van der Waals surface area contributed by atoms with Gasteiger partial charge in [0.2, 0.25) is 0 Å². The highest BCUT2D eigenvalue weighted by molar-refractivity contribution is 5.73. The second-order valence-electron chi connectivity index (χ2n) is 6.29. The van der Waals surface area contributed by atoms with Crippen LogP contribution in [0.4, 0.5) is 4.79 Å². The van der Waals surface area contributed by atoms with Crippen molar-refractivity contribution in [3.63, 3.8) is 0 Å². The van der Waals surface area contributed by atoms with E-state index in [0.717, 1.165) is 29.7 Å². The minimum Gasteiger partial charge on any atom is -0.392 e. The van der Waals surface area contributed by atoms with Gasteiger partial charge >= 0.3 is 6.03 Å². The van der Waals surface area contributed by atoms with Crippen LogP contribution in [0.25, 0.3) is 0 Å². The number of rotatable bonds is 6. The Kier molecular flexibility index (Phi) is 6.04. The van der Waals surface area contributed by atoms with E-state index in [-0.39, 0.29) is 24.7 Å². The van der Waals surface area contributed by atoms with Crippen molar-refractivity contribution in [2.45, 2.75) is 25.7 Å². The van der Waals surface area contributed by atoms with Gasteiger partial charge in [0, 0.05) is 25.6 Å². The van der Waals surface area contributed by atoms with Crippen LogP contribution in [0.5, 0.6) is 0 Å². The topological polar surface area (TPSA) is 70.6 Å².